The first-order chi connectivity index (χ1) is 2.89. The SMILES string of the molecule is CN1BCCO1. The molecule has 34 valence electrons. The third-order valence-corrected chi connectivity index (χ3v) is 0.929. The van der Waals surface area contributed by atoms with E-state index in [2.05, 4.69) is 0 Å². The zero-order valence-corrected chi connectivity index (χ0v) is 3.98. The first kappa shape index (κ1) is 4.15. The highest BCUT2D eigenvalue weighted by molar-refractivity contribution is 6.31. The molecule has 3 heteroatoms. The van der Waals surface area contributed by atoms with E-state index < -0.39 is 0 Å². The van der Waals surface area contributed by atoms with E-state index in [4.69, 9.17) is 4.84 Å². The van der Waals surface area contributed by atoms with Gasteiger partial charge in [0.1, 0.15) is 0 Å². The molecule has 0 aromatic rings. The zero-order chi connectivity index (χ0) is 4.41. The molecule has 0 aromatic carbocycles. The third kappa shape index (κ3) is 0.728. The Morgan fingerprint density at radius 1 is 1.83 bits per heavy atom. The lowest BCUT2D eigenvalue weighted by Gasteiger charge is -2.01. The standard InChI is InChI=1S/C3H8BNO/c1-5-4-2-3-6-5/h4H,2-3H2,1H3. The molecule has 0 radical (unpaired) electrons. The maximum absolute atomic E-state index is 4.99. The minimum atomic E-state index is 0.913. The summed E-state index contributed by atoms with van der Waals surface area (Å²) in [7, 11) is 3.05. The van der Waals surface area contributed by atoms with Crippen molar-refractivity contribution in [2.75, 3.05) is 13.7 Å². The van der Waals surface area contributed by atoms with Crippen LogP contribution in [0.25, 0.3) is 0 Å². The lowest BCUT2D eigenvalue weighted by molar-refractivity contribution is -0.0387. The molecule has 0 N–H and O–H groups in total. The van der Waals surface area contributed by atoms with Crippen LogP contribution in [0.2, 0.25) is 6.32 Å². The molecule has 1 fully saturated rings. The van der Waals surface area contributed by atoms with Gasteiger partial charge in [-0.15, -0.1) is 0 Å². The Labute approximate surface area is 38.3 Å². The number of hydrogen-bond acceptors (Lipinski definition) is 2. The van der Waals surface area contributed by atoms with Gasteiger partial charge in [-0.3, -0.25) is 0 Å². The van der Waals surface area contributed by atoms with Crippen molar-refractivity contribution < 1.29 is 4.84 Å². The Morgan fingerprint density at radius 2 is 2.67 bits per heavy atom. The molecule has 1 aliphatic heterocycles. The van der Waals surface area contributed by atoms with Crippen LogP contribution in [0.15, 0.2) is 0 Å². The van der Waals surface area contributed by atoms with Gasteiger partial charge in [0.25, 0.3) is 0 Å². The highest BCUT2D eigenvalue weighted by atomic mass is 16.7. The Balaban J connectivity index is 2.18. The van der Waals surface area contributed by atoms with E-state index in [9.17, 15) is 0 Å². The number of hydroxylamine groups is 1. The van der Waals surface area contributed by atoms with Crippen LogP contribution in [0.3, 0.4) is 0 Å². The molecule has 0 atom stereocenters. The molecule has 0 saturated carbocycles. The maximum Gasteiger partial charge on any atom is 0.240 e. The van der Waals surface area contributed by atoms with Crippen LogP contribution in [0.4, 0.5) is 0 Å². The number of nitrogens with zero attached hydrogens (tertiary/aromatic N) is 1. The van der Waals surface area contributed by atoms with Crippen LogP contribution in [0, 0.1) is 0 Å². The average molecular weight is 84.9 g/mol. The molecule has 0 aliphatic carbocycles. The fourth-order valence-electron chi connectivity index (χ4n) is 0.572. The lowest BCUT2D eigenvalue weighted by atomic mass is 9.92. The highest BCUT2D eigenvalue weighted by Crippen LogP contribution is 1.96. The molecular formula is C3H8BNO. The van der Waals surface area contributed by atoms with Crippen LogP contribution in [-0.2, 0) is 4.84 Å². The van der Waals surface area contributed by atoms with Gasteiger partial charge in [-0.2, -0.15) is 0 Å². The fraction of sp³-hybridized carbons (Fsp3) is 1.00. The van der Waals surface area contributed by atoms with Gasteiger partial charge in [-0.1, -0.05) is 0 Å². The molecule has 0 aromatic heterocycles. The van der Waals surface area contributed by atoms with E-state index in [0.29, 0.717) is 0 Å². The van der Waals surface area contributed by atoms with Gasteiger partial charge in [-0.25, -0.2) is 4.97 Å². The van der Waals surface area contributed by atoms with Gasteiger partial charge < -0.3 is 4.84 Å². The van der Waals surface area contributed by atoms with Crippen molar-refractivity contribution >= 4 is 7.41 Å². The molecule has 1 saturated heterocycles. The quantitative estimate of drug-likeness (QED) is 0.372. The summed E-state index contributed by atoms with van der Waals surface area (Å²) < 4.78 is 0. The molecule has 1 aliphatic rings. The normalized spacial score (nSPS) is 24.2. The predicted molar refractivity (Wildman–Crippen MR) is 25.7 cm³/mol. The zero-order valence-electron chi connectivity index (χ0n) is 3.98. The summed E-state index contributed by atoms with van der Waals surface area (Å²) in [6, 6.07) is 0. The largest absolute Gasteiger partial charge is 0.312 e. The van der Waals surface area contributed by atoms with Crippen molar-refractivity contribution in [3.05, 3.63) is 0 Å². The summed E-state index contributed by atoms with van der Waals surface area (Å²) in [5.41, 5.74) is 0. The van der Waals surface area contributed by atoms with E-state index >= 15 is 0 Å². The van der Waals surface area contributed by atoms with Crippen molar-refractivity contribution in [3.63, 3.8) is 0 Å². The Bertz CT molecular complexity index is 44.1. The van der Waals surface area contributed by atoms with Gasteiger partial charge in [0, 0.05) is 0 Å². The highest BCUT2D eigenvalue weighted by Gasteiger charge is 2.06. The molecule has 0 bridgehead atoms. The Kier molecular flexibility index (Phi) is 1.12. The van der Waals surface area contributed by atoms with Crippen molar-refractivity contribution in [1.82, 2.24) is 4.97 Å². The fourth-order valence-corrected chi connectivity index (χ4v) is 0.572. The molecule has 2 nitrogen and oxygen atoms in total. The molecule has 1 rings (SSSR count). The van der Waals surface area contributed by atoms with Gasteiger partial charge in [0.2, 0.25) is 7.41 Å². The van der Waals surface area contributed by atoms with Crippen LogP contribution >= 0.6 is 0 Å². The summed E-state index contributed by atoms with van der Waals surface area (Å²) in [6.45, 7) is 0.913. The molecule has 0 spiro atoms. The number of rotatable bonds is 0. The molecule has 6 heavy (non-hydrogen) atoms. The van der Waals surface area contributed by atoms with Crippen molar-refractivity contribution in [2.24, 2.45) is 0 Å². The summed E-state index contributed by atoms with van der Waals surface area (Å²) in [6.07, 6.45) is 1.19. The van der Waals surface area contributed by atoms with Crippen LogP contribution in [0.5, 0.6) is 0 Å². The van der Waals surface area contributed by atoms with E-state index in [1.165, 1.54) is 6.32 Å². The third-order valence-electron chi connectivity index (χ3n) is 0.929. The number of hydrogen-bond donors (Lipinski definition) is 0. The van der Waals surface area contributed by atoms with Crippen LogP contribution < -0.4 is 0 Å². The maximum atomic E-state index is 4.99. The summed E-state index contributed by atoms with van der Waals surface area (Å²) >= 11 is 0. The minimum Gasteiger partial charge on any atom is -0.312 e. The lowest BCUT2D eigenvalue weighted by Crippen LogP contribution is -2.12. The van der Waals surface area contributed by atoms with E-state index in [1.807, 2.05) is 12.0 Å². The summed E-state index contributed by atoms with van der Waals surface area (Å²) in [4.78, 5) is 6.85. The van der Waals surface area contributed by atoms with Crippen molar-refractivity contribution in [1.29, 1.82) is 0 Å². The molecule has 1 heterocycles. The van der Waals surface area contributed by atoms with Gasteiger partial charge >= 0.3 is 0 Å². The molecular weight excluding hydrogens is 76.9 g/mol. The first-order valence-electron chi connectivity index (χ1n) is 2.23. The van der Waals surface area contributed by atoms with Crippen LogP contribution in [-0.4, -0.2) is 26.0 Å². The summed E-state index contributed by atoms with van der Waals surface area (Å²) in [5, 5.41) is 0. The van der Waals surface area contributed by atoms with E-state index in [0.717, 1.165) is 14.0 Å². The summed E-state index contributed by atoms with van der Waals surface area (Å²) in [5.74, 6) is 0. The second-order valence-electron chi connectivity index (χ2n) is 1.54. The molecule has 0 amide bonds. The smallest absolute Gasteiger partial charge is 0.240 e. The second-order valence-corrected chi connectivity index (χ2v) is 1.54. The topological polar surface area (TPSA) is 12.5 Å². The average Bonchev–Trinajstić information content (AvgIpc) is 1.86. The van der Waals surface area contributed by atoms with Gasteiger partial charge in [0.05, 0.1) is 6.61 Å². The monoisotopic (exact) mass is 85.1 g/mol. The first-order valence-corrected chi connectivity index (χ1v) is 2.23. The van der Waals surface area contributed by atoms with E-state index in [1.54, 1.807) is 0 Å². The van der Waals surface area contributed by atoms with E-state index in [-0.39, 0.29) is 0 Å². The minimum absolute atomic E-state index is 0.913. The predicted octanol–water partition coefficient (Wildman–Crippen LogP) is -0.367. The van der Waals surface area contributed by atoms with Crippen molar-refractivity contribution in [2.45, 2.75) is 6.32 Å². The Hall–Kier alpha value is -0.0151. The molecule has 0 unspecified atom stereocenters. The van der Waals surface area contributed by atoms with Crippen LogP contribution in [0.1, 0.15) is 0 Å². The van der Waals surface area contributed by atoms with Crippen molar-refractivity contribution in [3.8, 4) is 0 Å². The van der Waals surface area contributed by atoms with Gasteiger partial charge in [-0.05, 0) is 13.4 Å². The Morgan fingerprint density at radius 3 is 2.83 bits per heavy atom. The van der Waals surface area contributed by atoms with Gasteiger partial charge in [0.15, 0.2) is 0 Å². The second kappa shape index (κ2) is 1.62.